The fourth-order valence-electron chi connectivity index (χ4n) is 3.28. The predicted molar refractivity (Wildman–Crippen MR) is 102 cm³/mol. The first-order valence-corrected chi connectivity index (χ1v) is 10.0. The van der Waals surface area contributed by atoms with Crippen molar-refractivity contribution in [3.8, 4) is 5.69 Å². The molecule has 1 saturated heterocycles. The van der Waals surface area contributed by atoms with E-state index in [9.17, 15) is 4.79 Å². The maximum absolute atomic E-state index is 12.5. The van der Waals surface area contributed by atoms with Crippen LogP contribution in [-0.4, -0.2) is 39.2 Å². The monoisotopic (exact) mass is 407 g/mol. The number of thioether (sulfide) groups is 1. The molecule has 0 bridgehead atoms. The Kier molecular flexibility index (Phi) is 5.66. The Morgan fingerprint density at radius 3 is 2.58 bits per heavy atom. The smallest absolute Gasteiger partial charge is 0.233 e. The van der Waals surface area contributed by atoms with Crippen molar-refractivity contribution in [2.45, 2.75) is 25.4 Å². The number of carbonyl (C=O) groups is 1. The number of carbonyl (C=O) groups excluding carboxylic acids is 1. The Balaban J connectivity index is 1.64. The summed E-state index contributed by atoms with van der Waals surface area (Å²) in [5.41, 5.74) is 1.05. The van der Waals surface area contributed by atoms with Gasteiger partial charge in [0.2, 0.25) is 5.91 Å². The van der Waals surface area contributed by atoms with Gasteiger partial charge >= 0.3 is 0 Å². The molecule has 2 atom stereocenters. The van der Waals surface area contributed by atoms with Crippen LogP contribution >= 0.6 is 27.7 Å². The van der Waals surface area contributed by atoms with E-state index < -0.39 is 0 Å². The van der Waals surface area contributed by atoms with Gasteiger partial charge in [0.1, 0.15) is 0 Å². The molecular formula is C18H22BrN3OS. The molecule has 128 valence electrons. The van der Waals surface area contributed by atoms with Crippen LogP contribution in [0.5, 0.6) is 0 Å². The van der Waals surface area contributed by atoms with E-state index in [0.717, 1.165) is 28.4 Å². The predicted octanol–water partition coefficient (Wildman–Crippen LogP) is 4.23. The zero-order valence-corrected chi connectivity index (χ0v) is 16.4. The average Bonchev–Trinajstić information content (AvgIpc) is 3.01. The number of halogens is 1. The van der Waals surface area contributed by atoms with Crippen molar-refractivity contribution in [1.29, 1.82) is 0 Å². The number of piperidine rings is 1. The molecule has 2 unspecified atom stereocenters. The number of nitrogens with zero attached hydrogens (tertiary/aromatic N) is 3. The third kappa shape index (κ3) is 4.22. The van der Waals surface area contributed by atoms with Crippen LogP contribution in [0.1, 0.15) is 20.3 Å². The van der Waals surface area contributed by atoms with Gasteiger partial charge in [0.25, 0.3) is 0 Å². The topological polar surface area (TPSA) is 38.1 Å². The van der Waals surface area contributed by atoms with Gasteiger partial charge in [-0.25, -0.2) is 4.98 Å². The van der Waals surface area contributed by atoms with Gasteiger partial charge in [-0.2, -0.15) is 0 Å². The fraction of sp³-hybridized carbons (Fsp3) is 0.444. The summed E-state index contributed by atoms with van der Waals surface area (Å²) in [6.45, 7) is 6.21. The van der Waals surface area contributed by atoms with Crippen molar-refractivity contribution in [2.75, 3.05) is 18.8 Å². The Morgan fingerprint density at radius 1 is 1.25 bits per heavy atom. The minimum Gasteiger partial charge on any atom is -0.341 e. The van der Waals surface area contributed by atoms with Crippen molar-refractivity contribution in [1.82, 2.24) is 14.5 Å². The Hall–Kier alpha value is -1.27. The van der Waals surface area contributed by atoms with E-state index in [2.05, 4.69) is 34.8 Å². The summed E-state index contributed by atoms with van der Waals surface area (Å²) in [4.78, 5) is 19.0. The number of imidazole rings is 1. The molecule has 6 heteroatoms. The third-order valence-corrected chi connectivity index (χ3v) is 5.74. The molecule has 0 N–H and O–H groups in total. The van der Waals surface area contributed by atoms with Crippen molar-refractivity contribution in [2.24, 2.45) is 11.8 Å². The van der Waals surface area contributed by atoms with E-state index in [0.29, 0.717) is 17.6 Å². The molecule has 3 rings (SSSR count). The lowest BCUT2D eigenvalue weighted by Gasteiger charge is -2.35. The van der Waals surface area contributed by atoms with E-state index in [1.165, 1.54) is 18.2 Å². The lowest BCUT2D eigenvalue weighted by atomic mass is 9.92. The molecule has 1 aromatic heterocycles. The lowest BCUT2D eigenvalue weighted by Crippen LogP contribution is -2.43. The highest BCUT2D eigenvalue weighted by Crippen LogP contribution is 2.25. The maximum atomic E-state index is 12.5. The highest BCUT2D eigenvalue weighted by Gasteiger charge is 2.25. The normalized spacial score (nSPS) is 21.0. The first-order valence-electron chi connectivity index (χ1n) is 8.23. The van der Waals surface area contributed by atoms with Gasteiger partial charge in [-0.3, -0.25) is 9.36 Å². The SMILES string of the molecule is CC1CC(C)CN(C(=O)CSc2nccn2-c2ccc(Br)cc2)C1. The molecule has 1 aromatic carbocycles. The second-order valence-corrected chi connectivity index (χ2v) is 8.45. The highest BCUT2D eigenvalue weighted by atomic mass is 79.9. The van der Waals surface area contributed by atoms with Gasteiger partial charge in [0, 0.05) is 35.6 Å². The largest absolute Gasteiger partial charge is 0.341 e. The molecule has 2 heterocycles. The number of benzene rings is 1. The van der Waals surface area contributed by atoms with Crippen LogP contribution in [0.25, 0.3) is 5.69 Å². The molecule has 24 heavy (non-hydrogen) atoms. The number of likely N-dealkylation sites (tertiary alicyclic amines) is 1. The summed E-state index contributed by atoms with van der Waals surface area (Å²) < 4.78 is 3.07. The first-order chi connectivity index (χ1) is 11.5. The molecule has 0 saturated carbocycles. The standard InChI is InChI=1S/C18H22BrN3OS/c1-13-9-14(2)11-21(10-13)17(23)12-24-18-20-7-8-22(18)16-5-3-15(19)4-6-16/h3-8,13-14H,9-12H2,1-2H3. The minimum absolute atomic E-state index is 0.212. The summed E-state index contributed by atoms with van der Waals surface area (Å²) in [7, 11) is 0. The molecule has 0 radical (unpaired) electrons. The molecule has 1 aliphatic heterocycles. The van der Waals surface area contributed by atoms with Crippen LogP contribution in [0.15, 0.2) is 46.3 Å². The summed E-state index contributed by atoms with van der Waals surface area (Å²) >= 11 is 4.96. The zero-order chi connectivity index (χ0) is 17.1. The molecule has 1 fully saturated rings. The lowest BCUT2D eigenvalue weighted by molar-refractivity contribution is -0.130. The number of rotatable bonds is 4. The van der Waals surface area contributed by atoms with Gasteiger partial charge in [-0.05, 0) is 42.5 Å². The van der Waals surface area contributed by atoms with Crippen molar-refractivity contribution in [3.05, 3.63) is 41.1 Å². The van der Waals surface area contributed by atoms with Gasteiger partial charge in [-0.15, -0.1) is 0 Å². The van der Waals surface area contributed by atoms with E-state index in [1.54, 1.807) is 6.20 Å². The van der Waals surface area contributed by atoms with E-state index in [4.69, 9.17) is 0 Å². The second kappa shape index (κ2) is 7.74. The van der Waals surface area contributed by atoms with Crippen LogP contribution in [0, 0.1) is 11.8 Å². The number of hydrogen-bond donors (Lipinski definition) is 0. The fourth-order valence-corrected chi connectivity index (χ4v) is 4.42. The van der Waals surface area contributed by atoms with Crippen molar-refractivity contribution in [3.63, 3.8) is 0 Å². The molecule has 1 aliphatic rings. The molecular weight excluding hydrogens is 386 g/mol. The van der Waals surface area contributed by atoms with Gasteiger partial charge < -0.3 is 4.90 Å². The number of amides is 1. The number of hydrogen-bond acceptors (Lipinski definition) is 3. The van der Waals surface area contributed by atoms with Crippen molar-refractivity contribution >= 4 is 33.6 Å². The minimum atomic E-state index is 0.212. The average molecular weight is 408 g/mol. The maximum Gasteiger partial charge on any atom is 0.233 e. The second-order valence-electron chi connectivity index (χ2n) is 6.59. The molecule has 4 nitrogen and oxygen atoms in total. The van der Waals surface area contributed by atoms with Crippen molar-refractivity contribution < 1.29 is 4.79 Å². The van der Waals surface area contributed by atoms with Crippen LogP contribution in [-0.2, 0) is 4.79 Å². The Bertz CT molecular complexity index is 691. The van der Waals surface area contributed by atoms with Gasteiger partial charge in [0.15, 0.2) is 5.16 Å². The first kappa shape index (κ1) is 17.5. The van der Waals surface area contributed by atoms with E-state index >= 15 is 0 Å². The van der Waals surface area contributed by atoms with Crippen LogP contribution in [0.3, 0.4) is 0 Å². The van der Waals surface area contributed by atoms with Gasteiger partial charge in [-0.1, -0.05) is 41.5 Å². The Morgan fingerprint density at radius 2 is 1.92 bits per heavy atom. The van der Waals surface area contributed by atoms with Crippen LogP contribution in [0.2, 0.25) is 0 Å². The molecule has 0 spiro atoms. The Labute approximate surface area is 155 Å². The molecule has 1 amide bonds. The quantitative estimate of drug-likeness (QED) is 0.711. The summed E-state index contributed by atoms with van der Waals surface area (Å²) in [5.74, 6) is 1.83. The van der Waals surface area contributed by atoms with E-state index in [1.807, 2.05) is 39.9 Å². The van der Waals surface area contributed by atoms with Crippen LogP contribution < -0.4 is 0 Å². The number of aromatic nitrogens is 2. The summed E-state index contributed by atoms with van der Waals surface area (Å²) in [6.07, 6.45) is 4.92. The highest BCUT2D eigenvalue weighted by molar-refractivity contribution is 9.10. The molecule has 2 aromatic rings. The zero-order valence-electron chi connectivity index (χ0n) is 14.0. The summed E-state index contributed by atoms with van der Waals surface area (Å²) in [6, 6.07) is 8.08. The van der Waals surface area contributed by atoms with E-state index in [-0.39, 0.29) is 5.91 Å². The van der Waals surface area contributed by atoms with Gasteiger partial charge in [0.05, 0.1) is 5.75 Å². The third-order valence-electron chi connectivity index (χ3n) is 4.26. The van der Waals surface area contributed by atoms with Crippen LogP contribution in [0.4, 0.5) is 0 Å². The molecule has 0 aliphatic carbocycles. The summed E-state index contributed by atoms with van der Waals surface area (Å²) in [5, 5.41) is 0.851.